The van der Waals surface area contributed by atoms with Crippen LogP contribution in [0.4, 0.5) is 0 Å². The number of rotatable bonds is 6. The van der Waals surface area contributed by atoms with Crippen molar-refractivity contribution in [3.8, 4) is 0 Å². The lowest BCUT2D eigenvalue weighted by molar-refractivity contribution is -0.123. The van der Waals surface area contributed by atoms with E-state index >= 15 is 0 Å². The van der Waals surface area contributed by atoms with Gasteiger partial charge in [-0.3, -0.25) is 9.48 Å². The molecular formula is C17H25ClN4O. The molecular weight excluding hydrogens is 312 g/mol. The maximum atomic E-state index is 12.3. The van der Waals surface area contributed by atoms with E-state index in [1.165, 1.54) is 5.56 Å². The summed E-state index contributed by atoms with van der Waals surface area (Å²) in [6.07, 6.45) is 3.55. The normalized spacial score (nSPS) is 11.9. The quantitative estimate of drug-likeness (QED) is 0.852. The van der Waals surface area contributed by atoms with Crippen molar-refractivity contribution in [3.63, 3.8) is 0 Å². The van der Waals surface area contributed by atoms with Crippen molar-refractivity contribution < 1.29 is 4.79 Å². The lowest BCUT2D eigenvalue weighted by Gasteiger charge is -2.15. The fourth-order valence-corrected chi connectivity index (χ4v) is 2.35. The van der Waals surface area contributed by atoms with Gasteiger partial charge in [0.05, 0.1) is 6.20 Å². The monoisotopic (exact) mass is 336 g/mol. The first kappa shape index (κ1) is 19.2. The molecule has 0 aliphatic carbocycles. The van der Waals surface area contributed by atoms with Crippen LogP contribution in [0.3, 0.4) is 0 Å². The molecule has 0 aliphatic heterocycles. The molecule has 2 N–H and O–H groups in total. The van der Waals surface area contributed by atoms with Gasteiger partial charge in [0.2, 0.25) is 5.91 Å². The fraction of sp³-hybridized carbons (Fsp3) is 0.412. The van der Waals surface area contributed by atoms with Gasteiger partial charge in [-0.1, -0.05) is 38.1 Å². The van der Waals surface area contributed by atoms with E-state index < -0.39 is 0 Å². The van der Waals surface area contributed by atoms with E-state index in [4.69, 9.17) is 0 Å². The van der Waals surface area contributed by atoms with Crippen molar-refractivity contribution in [2.45, 2.75) is 32.4 Å². The molecule has 1 heterocycles. The van der Waals surface area contributed by atoms with Crippen molar-refractivity contribution in [1.82, 2.24) is 20.4 Å². The number of nitrogens with zero attached hydrogens (tertiary/aromatic N) is 2. The summed E-state index contributed by atoms with van der Waals surface area (Å²) in [4.78, 5) is 12.3. The van der Waals surface area contributed by atoms with Crippen molar-refractivity contribution in [2.24, 2.45) is 7.05 Å². The third kappa shape index (κ3) is 5.08. The zero-order valence-electron chi connectivity index (χ0n) is 14.0. The Balaban J connectivity index is 0.00000264. The summed E-state index contributed by atoms with van der Waals surface area (Å²) in [6.45, 7) is 4.86. The molecule has 1 unspecified atom stereocenters. The Kier molecular flexibility index (Phi) is 7.26. The van der Waals surface area contributed by atoms with Gasteiger partial charge in [-0.05, 0) is 24.1 Å². The number of hydrogen-bond acceptors (Lipinski definition) is 3. The number of carbonyl (C=O) groups is 1. The second-order valence-corrected chi connectivity index (χ2v) is 5.78. The first-order valence-corrected chi connectivity index (χ1v) is 7.53. The molecule has 0 fully saturated rings. The minimum absolute atomic E-state index is 0. The van der Waals surface area contributed by atoms with Gasteiger partial charge >= 0.3 is 0 Å². The molecule has 0 aliphatic rings. The molecule has 23 heavy (non-hydrogen) atoms. The molecule has 5 nitrogen and oxygen atoms in total. The van der Waals surface area contributed by atoms with Gasteiger partial charge in [0, 0.05) is 25.4 Å². The topological polar surface area (TPSA) is 59.0 Å². The first-order chi connectivity index (χ1) is 10.5. The van der Waals surface area contributed by atoms with Crippen LogP contribution in [0.2, 0.25) is 0 Å². The number of hydrogen-bond donors (Lipinski definition) is 2. The highest BCUT2D eigenvalue weighted by atomic mass is 35.5. The molecule has 126 valence electrons. The minimum atomic E-state index is -0.386. The van der Waals surface area contributed by atoms with E-state index in [0.717, 1.165) is 11.1 Å². The summed E-state index contributed by atoms with van der Waals surface area (Å²) in [7, 11) is 3.61. The van der Waals surface area contributed by atoms with E-state index in [0.29, 0.717) is 12.5 Å². The van der Waals surface area contributed by atoms with Crippen LogP contribution in [0.1, 0.15) is 42.5 Å². The molecule has 0 bridgehead atoms. The average Bonchev–Trinajstić information content (AvgIpc) is 2.92. The van der Waals surface area contributed by atoms with Gasteiger partial charge in [-0.25, -0.2) is 0 Å². The van der Waals surface area contributed by atoms with Crippen LogP contribution < -0.4 is 10.6 Å². The Morgan fingerprint density at radius 3 is 2.35 bits per heavy atom. The van der Waals surface area contributed by atoms with Crippen LogP contribution in [-0.2, 0) is 18.4 Å². The van der Waals surface area contributed by atoms with Crippen LogP contribution in [0.25, 0.3) is 0 Å². The van der Waals surface area contributed by atoms with E-state index in [-0.39, 0.29) is 24.4 Å². The molecule has 1 amide bonds. The second-order valence-electron chi connectivity index (χ2n) is 5.78. The molecule has 0 saturated heterocycles. The first-order valence-electron chi connectivity index (χ1n) is 7.53. The fourth-order valence-electron chi connectivity index (χ4n) is 2.35. The van der Waals surface area contributed by atoms with Crippen LogP contribution in [-0.4, -0.2) is 22.7 Å². The lowest BCUT2D eigenvalue weighted by Crippen LogP contribution is -2.35. The maximum absolute atomic E-state index is 12.3. The zero-order valence-corrected chi connectivity index (χ0v) is 14.9. The Morgan fingerprint density at radius 2 is 1.87 bits per heavy atom. The van der Waals surface area contributed by atoms with Crippen molar-refractivity contribution in [1.29, 1.82) is 0 Å². The average molecular weight is 337 g/mol. The number of aryl methyl sites for hydroxylation is 1. The maximum Gasteiger partial charge on any atom is 0.242 e. The molecule has 2 rings (SSSR count). The largest absolute Gasteiger partial charge is 0.350 e. The number of aromatic nitrogens is 2. The third-order valence-corrected chi connectivity index (χ3v) is 3.72. The standard InChI is InChI=1S/C17H24N4O.ClH/c1-12(2)14-7-5-13(6-8-14)9-19-17(22)16(18-3)15-10-20-21(4)11-15;/h5-8,10-12,16,18H,9H2,1-4H3,(H,19,22);1H. The summed E-state index contributed by atoms with van der Waals surface area (Å²) in [5.74, 6) is 0.464. The van der Waals surface area contributed by atoms with Crippen LogP contribution >= 0.6 is 12.4 Å². The van der Waals surface area contributed by atoms with Gasteiger partial charge in [0.1, 0.15) is 6.04 Å². The van der Waals surface area contributed by atoms with Crippen molar-refractivity contribution >= 4 is 18.3 Å². The van der Waals surface area contributed by atoms with E-state index in [1.807, 2.05) is 13.2 Å². The Morgan fingerprint density at radius 1 is 1.22 bits per heavy atom. The Bertz CT molecular complexity index is 622. The molecule has 0 spiro atoms. The smallest absolute Gasteiger partial charge is 0.242 e. The van der Waals surface area contributed by atoms with E-state index in [2.05, 4.69) is 53.8 Å². The van der Waals surface area contributed by atoms with Crippen molar-refractivity contribution in [2.75, 3.05) is 7.05 Å². The highest BCUT2D eigenvalue weighted by Gasteiger charge is 2.19. The van der Waals surface area contributed by atoms with E-state index in [9.17, 15) is 4.79 Å². The molecule has 0 saturated carbocycles. The zero-order chi connectivity index (χ0) is 16.1. The van der Waals surface area contributed by atoms with Gasteiger partial charge < -0.3 is 10.6 Å². The summed E-state index contributed by atoms with van der Waals surface area (Å²) < 4.78 is 1.69. The number of likely N-dealkylation sites (N-methyl/N-ethyl adjacent to an activating group) is 1. The predicted molar refractivity (Wildman–Crippen MR) is 94.6 cm³/mol. The third-order valence-electron chi connectivity index (χ3n) is 3.72. The highest BCUT2D eigenvalue weighted by molar-refractivity contribution is 5.85. The van der Waals surface area contributed by atoms with Gasteiger partial charge in [-0.2, -0.15) is 5.10 Å². The SMILES string of the molecule is CNC(C(=O)NCc1ccc(C(C)C)cc1)c1cnn(C)c1.Cl. The molecule has 1 atom stereocenters. The van der Waals surface area contributed by atoms with Gasteiger partial charge in [-0.15, -0.1) is 12.4 Å². The number of halogens is 1. The second kappa shape index (κ2) is 8.70. The minimum Gasteiger partial charge on any atom is -0.350 e. The molecule has 1 aromatic carbocycles. The Labute approximate surface area is 143 Å². The van der Waals surface area contributed by atoms with Gasteiger partial charge in [0.15, 0.2) is 0 Å². The van der Waals surface area contributed by atoms with Gasteiger partial charge in [0.25, 0.3) is 0 Å². The summed E-state index contributed by atoms with van der Waals surface area (Å²) in [5.41, 5.74) is 3.26. The Hall–Kier alpha value is -1.85. The summed E-state index contributed by atoms with van der Waals surface area (Å²) in [5, 5.41) is 10.1. The molecule has 6 heteroatoms. The molecule has 0 radical (unpaired) electrons. The van der Waals surface area contributed by atoms with Crippen LogP contribution in [0.15, 0.2) is 36.7 Å². The highest BCUT2D eigenvalue weighted by Crippen LogP contribution is 2.15. The summed E-state index contributed by atoms with van der Waals surface area (Å²) >= 11 is 0. The van der Waals surface area contributed by atoms with E-state index in [1.54, 1.807) is 17.9 Å². The number of amides is 1. The molecule has 2 aromatic rings. The number of carbonyl (C=O) groups excluding carboxylic acids is 1. The van der Waals surface area contributed by atoms with Crippen molar-refractivity contribution in [3.05, 3.63) is 53.3 Å². The molecule has 1 aromatic heterocycles. The van der Waals surface area contributed by atoms with Crippen LogP contribution in [0.5, 0.6) is 0 Å². The lowest BCUT2D eigenvalue weighted by atomic mass is 10.0. The number of benzene rings is 1. The predicted octanol–water partition coefficient (Wildman–Crippen LogP) is 2.54. The van der Waals surface area contributed by atoms with Crippen LogP contribution in [0, 0.1) is 0 Å². The summed E-state index contributed by atoms with van der Waals surface area (Å²) in [6, 6.07) is 7.97. The number of nitrogens with one attached hydrogen (secondary N) is 2.